The number of rotatable bonds is 3. The summed E-state index contributed by atoms with van der Waals surface area (Å²) in [6, 6.07) is 4.54. The molecule has 88 valence electrons. The van der Waals surface area contributed by atoms with Crippen molar-refractivity contribution in [2.45, 2.75) is 26.7 Å². The molecule has 2 rings (SSSR count). The van der Waals surface area contributed by atoms with Gasteiger partial charge in [-0.3, -0.25) is 0 Å². The number of hydrogen-bond donors (Lipinski definition) is 1. The molecule has 0 spiro atoms. The van der Waals surface area contributed by atoms with Crippen LogP contribution in [0.2, 0.25) is 0 Å². The first-order valence-electron chi connectivity index (χ1n) is 6.05. The van der Waals surface area contributed by atoms with Crippen molar-refractivity contribution in [2.24, 2.45) is 5.92 Å². The van der Waals surface area contributed by atoms with E-state index in [0.29, 0.717) is 0 Å². The third-order valence-corrected chi connectivity index (χ3v) is 3.41. The Balaban J connectivity index is 2.15. The summed E-state index contributed by atoms with van der Waals surface area (Å²) in [7, 11) is 1.75. The lowest BCUT2D eigenvalue weighted by Crippen LogP contribution is -2.11. The van der Waals surface area contributed by atoms with Gasteiger partial charge in [0, 0.05) is 0 Å². The molecular weight excluding hydrogens is 198 g/mol. The van der Waals surface area contributed by atoms with Crippen molar-refractivity contribution in [3.8, 4) is 5.75 Å². The molecule has 2 nitrogen and oxygen atoms in total. The highest BCUT2D eigenvalue weighted by molar-refractivity contribution is 5.43. The number of nitrogens with one attached hydrogen (secondary N) is 1. The van der Waals surface area contributed by atoms with Crippen molar-refractivity contribution < 1.29 is 4.74 Å². The van der Waals surface area contributed by atoms with Crippen LogP contribution in [0.3, 0.4) is 0 Å². The van der Waals surface area contributed by atoms with E-state index in [9.17, 15) is 0 Å². The monoisotopic (exact) mass is 219 g/mol. The Labute approximate surface area is 98.0 Å². The minimum Gasteiger partial charge on any atom is -0.496 e. The lowest BCUT2D eigenvalue weighted by Gasteiger charge is -2.13. The molecule has 1 fully saturated rings. The first-order valence-corrected chi connectivity index (χ1v) is 6.05. The summed E-state index contributed by atoms with van der Waals surface area (Å²) < 4.78 is 5.39. The van der Waals surface area contributed by atoms with E-state index in [2.05, 4.69) is 31.3 Å². The molecule has 1 unspecified atom stereocenters. The fraction of sp³-hybridized carbons (Fsp3) is 0.571. The molecule has 1 aliphatic heterocycles. The van der Waals surface area contributed by atoms with E-state index >= 15 is 0 Å². The summed E-state index contributed by atoms with van der Waals surface area (Å²) >= 11 is 0. The van der Waals surface area contributed by atoms with Gasteiger partial charge in [0.25, 0.3) is 0 Å². The summed E-state index contributed by atoms with van der Waals surface area (Å²) in [5.74, 6) is 1.85. The third-order valence-electron chi connectivity index (χ3n) is 3.41. The molecule has 1 heterocycles. The van der Waals surface area contributed by atoms with Crippen LogP contribution in [-0.4, -0.2) is 20.2 Å². The average molecular weight is 219 g/mol. The van der Waals surface area contributed by atoms with E-state index in [0.717, 1.165) is 11.7 Å². The van der Waals surface area contributed by atoms with Gasteiger partial charge in [-0.2, -0.15) is 0 Å². The van der Waals surface area contributed by atoms with Crippen LogP contribution in [0.1, 0.15) is 23.1 Å². The van der Waals surface area contributed by atoms with Crippen molar-refractivity contribution >= 4 is 0 Å². The van der Waals surface area contributed by atoms with E-state index in [1.807, 2.05) is 0 Å². The van der Waals surface area contributed by atoms with Gasteiger partial charge in [-0.05, 0) is 62.4 Å². The number of aryl methyl sites for hydroxylation is 2. The van der Waals surface area contributed by atoms with Crippen molar-refractivity contribution in [3.63, 3.8) is 0 Å². The van der Waals surface area contributed by atoms with Crippen LogP contribution in [0.25, 0.3) is 0 Å². The predicted molar refractivity (Wildman–Crippen MR) is 67.1 cm³/mol. The molecule has 1 aromatic rings. The average Bonchev–Trinajstić information content (AvgIpc) is 2.70. The van der Waals surface area contributed by atoms with E-state index in [-0.39, 0.29) is 0 Å². The molecule has 0 radical (unpaired) electrons. The maximum atomic E-state index is 5.39. The van der Waals surface area contributed by atoms with Crippen LogP contribution in [0.5, 0.6) is 5.75 Å². The maximum absolute atomic E-state index is 5.39. The molecule has 0 amide bonds. The Morgan fingerprint density at radius 1 is 1.31 bits per heavy atom. The van der Waals surface area contributed by atoms with Gasteiger partial charge in [0.2, 0.25) is 0 Å². The van der Waals surface area contributed by atoms with Crippen LogP contribution in [0, 0.1) is 19.8 Å². The van der Waals surface area contributed by atoms with Crippen molar-refractivity contribution in [1.82, 2.24) is 5.32 Å². The van der Waals surface area contributed by atoms with Gasteiger partial charge in [-0.1, -0.05) is 12.1 Å². The largest absolute Gasteiger partial charge is 0.496 e. The molecule has 16 heavy (non-hydrogen) atoms. The third kappa shape index (κ3) is 2.38. The molecule has 0 bridgehead atoms. The first kappa shape index (κ1) is 11.5. The van der Waals surface area contributed by atoms with E-state index < -0.39 is 0 Å². The summed E-state index contributed by atoms with van der Waals surface area (Å²) in [6.45, 7) is 6.60. The molecule has 1 atom stereocenters. The van der Waals surface area contributed by atoms with Crippen molar-refractivity contribution in [3.05, 3.63) is 28.8 Å². The highest BCUT2D eigenvalue weighted by Crippen LogP contribution is 2.26. The summed E-state index contributed by atoms with van der Waals surface area (Å²) in [5.41, 5.74) is 3.96. The lowest BCUT2D eigenvalue weighted by atomic mass is 9.95. The van der Waals surface area contributed by atoms with Gasteiger partial charge in [0.15, 0.2) is 0 Å². The Kier molecular flexibility index (Phi) is 3.49. The molecule has 0 saturated carbocycles. The van der Waals surface area contributed by atoms with E-state index in [4.69, 9.17) is 4.74 Å². The second-order valence-electron chi connectivity index (χ2n) is 4.83. The predicted octanol–water partition coefficient (Wildman–Crippen LogP) is 2.46. The highest BCUT2D eigenvalue weighted by atomic mass is 16.5. The molecule has 1 aliphatic rings. The summed E-state index contributed by atoms with van der Waals surface area (Å²) in [6.07, 6.45) is 2.50. The normalized spacial score (nSPS) is 20.1. The number of ether oxygens (including phenoxy) is 1. The fourth-order valence-electron chi connectivity index (χ4n) is 2.70. The summed E-state index contributed by atoms with van der Waals surface area (Å²) in [4.78, 5) is 0. The Bertz CT molecular complexity index is 344. The highest BCUT2D eigenvalue weighted by Gasteiger charge is 2.15. The summed E-state index contributed by atoms with van der Waals surface area (Å²) in [5, 5.41) is 3.42. The zero-order valence-corrected chi connectivity index (χ0v) is 10.5. The van der Waals surface area contributed by atoms with E-state index in [1.165, 1.54) is 42.6 Å². The fourth-order valence-corrected chi connectivity index (χ4v) is 2.70. The van der Waals surface area contributed by atoms with Crippen LogP contribution < -0.4 is 10.1 Å². The Hall–Kier alpha value is -1.02. The molecular formula is C14H21NO. The van der Waals surface area contributed by atoms with Crippen LogP contribution >= 0.6 is 0 Å². The number of hydrogen-bond acceptors (Lipinski definition) is 2. The molecule has 1 N–H and O–H groups in total. The SMILES string of the molecule is COc1c(C)cc(CC2CCNC2)cc1C. The molecule has 1 saturated heterocycles. The standard InChI is InChI=1S/C14H21NO/c1-10-6-13(7-11(2)14(10)16-3)8-12-4-5-15-9-12/h6-7,12,15H,4-5,8-9H2,1-3H3. The smallest absolute Gasteiger partial charge is 0.124 e. The topological polar surface area (TPSA) is 21.3 Å². The van der Waals surface area contributed by atoms with Gasteiger partial charge >= 0.3 is 0 Å². The van der Waals surface area contributed by atoms with Gasteiger partial charge in [0.05, 0.1) is 7.11 Å². The molecule has 0 aromatic heterocycles. The zero-order valence-electron chi connectivity index (χ0n) is 10.5. The Morgan fingerprint density at radius 3 is 2.50 bits per heavy atom. The lowest BCUT2D eigenvalue weighted by molar-refractivity contribution is 0.408. The van der Waals surface area contributed by atoms with Crippen LogP contribution in [0.15, 0.2) is 12.1 Å². The van der Waals surface area contributed by atoms with E-state index in [1.54, 1.807) is 7.11 Å². The van der Waals surface area contributed by atoms with Crippen LogP contribution in [0.4, 0.5) is 0 Å². The van der Waals surface area contributed by atoms with Gasteiger partial charge < -0.3 is 10.1 Å². The maximum Gasteiger partial charge on any atom is 0.124 e. The second kappa shape index (κ2) is 4.88. The zero-order chi connectivity index (χ0) is 11.5. The van der Waals surface area contributed by atoms with Crippen molar-refractivity contribution in [2.75, 3.05) is 20.2 Å². The molecule has 2 heteroatoms. The number of methoxy groups -OCH3 is 1. The molecule has 1 aromatic carbocycles. The number of benzene rings is 1. The van der Waals surface area contributed by atoms with Gasteiger partial charge in [0.1, 0.15) is 5.75 Å². The minimum absolute atomic E-state index is 0.812. The first-order chi connectivity index (χ1) is 7.70. The van der Waals surface area contributed by atoms with Gasteiger partial charge in [-0.15, -0.1) is 0 Å². The van der Waals surface area contributed by atoms with Crippen LogP contribution in [-0.2, 0) is 6.42 Å². The minimum atomic E-state index is 0.812. The Morgan fingerprint density at radius 2 is 2.00 bits per heavy atom. The van der Waals surface area contributed by atoms with Crippen molar-refractivity contribution in [1.29, 1.82) is 0 Å². The quantitative estimate of drug-likeness (QED) is 0.843. The second-order valence-corrected chi connectivity index (χ2v) is 4.83. The molecule has 0 aliphatic carbocycles. The van der Waals surface area contributed by atoms with Gasteiger partial charge in [-0.25, -0.2) is 0 Å².